The van der Waals surface area contributed by atoms with Gasteiger partial charge in [0.2, 0.25) is 0 Å². The van der Waals surface area contributed by atoms with Crippen LogP contribution in [0.3, 0.4) is 0 Å². The van der Waals surface area contributed by atoms with Gasteiger partial charge in [-0.3, -0.25) is 0 Å². The third-order valence-corrected chi connectivity index (χ3v) is 4.79. The third-order valence-electron chi connectivity index (χ3n) is 1.23. The van der Waals surface area contributed by atoms with Gasteiger partial charge in [0.05, 0.1) is 12.9 Å². The fourth-order valence-corrected chi connectivity index (χ4v) is 4.56. The number of rotatable bonds is 8. The van der Waals surface area contributed by atoms with E-state index in [0.717, 1.165) is 23.5 Å². The lowest BCUT2D eigenvalue weighted by molar-refractivity contribution is 0.248. The second-order valence-electron chi connectivity index (χ2n) is 2.36. The molecule has 0 spiro atoms. The largest absolute Gasteiger partial charge is 0.502 e. The van der Waals surface area contributed by atoms with Crippen molar-refractivity contribution in [3.05, 3.63) is 12.3 Å². The van der Waals surface area contributed by atoms with Gasteiger partial charge in [0.1, 0.15) is 20.2 Å². The van der Waals surface area contributed by atoms with E-state index in [1.807, 2.05) is 13.0 Å². The molecule has 0 radical (unpaired) electrons. The van der Waals surface area contributed by atoms with Gasteiger partial charge < -0.3 is 13.0 Å². The van der Waals surface area contributed by atoms with Crippen LogP contribution in [0.2, 0.25) is 6.04 Å². The molecule has 0 saturated heterocycles. The zero-order valence-corrected chi connectivity index (χ0v) is 12.7. The SMILES string of the molecule is CC=COCCC[SiH2]O[SiH2]O[SiH3]. The first-order chi connectivity index (χ1) is 5.91. The van der Waals surface area contributed by atoms with Crippen LogP contribution in [0.4, 0.5) is 0 Å². The molecule has 0 aromatic rings. The van der Waals surface area contributed by atoms with Gasteiger partial charge >= 0.3 is 0 Å². The van der Waals surface area contributed by atoms with Crippen LogP contribution in [-0.2, 0) is 13.0 Å². The fourth-order valence-electron chi connectivity index (χ4n) is 0.696. The van der Waals surface area contributed by atoms with E-state index in [4.69, 9.17) is 13.0 Å². The molecule has 0 N–H and O–H groups in total. The van der Waals surface area contributed by atoms with E-state index in [0.29, 0.717) is 0 Å². The molecule has 0 amide bonds. The van der Waals surface area contributed by atoms with Crippen molar-refractivity contribution in [1.29, 1.82) is 0 Å². The molecule has 0 aliphatic heterocycles. The smallest absolute Gasteiger partial charge is 0.282 e. The molecule has 6 heteroatoms. The second-order valence-corrected chi connectivity index (χ2v) is 7.66. The van der Waals surface area contributed by atoms with Crippen molar-refractivity contribution in [2.45, 2.75) is 19.4 Å². The zero-order valence-electron chi connectivity index (χ0n) is 7.91. The minimum Gasteiger partial charge on any atom is -0.502 e. The van der Waals surface area contributed by atoms with E-state index >= 15 is 0 Å². The molecular weight excluding hydrogens is 204 g/mol. The Morgan fingerprint density at radius 3 is 3.00 bits per heavy atom. The monoisotopic (exact) mass is 222 g/mol. The normalized spacial score (nSPS) is 13.1. The standard InChI is InChI=1S/C6H18O3Si3/c1-2-4-7-5-3-6-11-9-12-8-10/h2,4H,3,5-6,11-12H2,1,10H3. The van der Waals surface area contributed by atoms with Crippen molar-refractivity contribution < 1.29 is 13.0 Å². The Labute approximate surface area is 82.0 Å². The summed E-state index contributed by atoms with van der Waals surface area (Å²) in [6, 6.07) is 1.20. The first-order valence-electron chi connectivity index (χ1n) is 4.21. The molecule has 0 rings (SSSR count). The molecule has 0 aromatic carbocycles. The van der Waals surface area contributed by atoms with Crippen LogP contribution in [0, 0.1) is 0 Å². The van der Waals surface area contributed by atoms with E-state index in [1.54, 1.807) is 6.26 Å². The predicted molar refractivity (Wildman–Crippen MR) is 59.4 cm³/mol. The Balaban J connectivity index is 2.81. The minimum absolute atomic E-state index is 0.279. The quantitative estimate of drug-likeness (QED) is 0.292. The van der Waals surface area contributed by atoms with Crippen LogP contribution < -0.4 is 0 Å². The maximum atomic E-state index is 5.41. The van der Waals surface area contributed by atoms with Crippen molar-refractivity contribution in [2.24, 2.45) is 0 Å². The van der Waals surface area contributed by atoms with Crippen molar-refractivity contribution >= 4 is 30.3 Å². The lowest BCUT2D eigenvalue weighted by Gasteiger charge is -2.01. The molecule has 0 atom stereocenters. The van der Waals surface area contributed by atoms with Gasteiger partial charge in [0, 0.05) is 0 Å². The maximum absolute atomic E-state index is 5.41. The van der Waals surface area contributed by atoms with Gasteiger partial charge in [-0.25, -0.2) is 0 Å². The predicted octanol–water partition coefficient (Wildman–Crippen LogP) is -1.26. The van der Waals surface area contributed by atoms with Crippen LogP contribution in [0.15, 0.2) is 12.3 Å². The molecule has 0 bridgehead atoms. The van der Waals surface area contributed by atoms with Crippen molar-refractivity contribution in [1.82, 2.24) is 0 Å². The summed E-state index contributed by atoms with van der Waals surface area (Å²) in [5.74, 6) is 0. The Kier molecular flexibility index (Phi) is 11.2. The first kappa shape index (κ1) is 12.1. The Hall–Kier alpha value is 0.111. The summed E-state index contributed by atoms with van der Waals surface area (Å²) in [5.41, 5.74) is 0. The Morgan fingerprint density at radius 2 is 2.33 bits per heavy atom. The van der Waals surface area contributed by atoms with Crippen molar-refractivity contribution in [2.75, 3.05) is 6.61 Å². The minimum atomic E-state index is -0.553. The number of hydrogen-bond donors (Lipinski definition) is 0. The highest BCUT2D eigenvalue weighted by molar-refractivity contribution is 6.41. The van der Waals surface area contributed by atoms with Crippen LogP contribution in [0.1, 0.15) is 13.3 Å². The Morgan fingerprint density at radius 1 is 1.50 bits per heavy atom. The van der Waals surface area contributed by atoms with Gasteiger partial charge in [-0.2, -0.15) is 0 Å². The van der Waals surface area contributed by atoms with Crippen LogP contribution >= 0.6 is 0 Å². The van der Waals surface area contributed by atoms with Gasteiger partial charge in [0.15, 0.2) is 0 Å². The molecule has 0 aliphatic rings. The maximum Gasteiger partial charge on any atom is 0.282 e. The third kappa shape index (κ3) is 10.1. The summed E-state index contributed by atoms with van der Waals surface area (Å²) in [6.07, 6.45) is 4.75. The molecule has 0 fully saturated rings. The topological polar surface area (TPSA) is 27.7 Å². The van der Waals surface area contributed by atoms with E-state index in [9.17, 15) is 0 Å². The molecule has 0 aromatic heterocycles. The number of ether oxygens (including phenoxy) is 1. The number of allylic oxidation sites excluding steroid dienone is 1. The molecule has 12 heavy (non-hydrogen) atoms. The van der Waals surface area contributed by atoms with Crippen molar-refractivity contribution in [3.63, 3.8) is 0 Å². The fraction of sp³-hybridized carbons (Fsp3) is 0.667. The summed E-state index contributed by atoms with van der Waals surface area (Å²) < 4.78 is 15.6. The van der Waals surface area contributed by atoms with Crippen molar-refractivity contribution in [3.8, 4) is 0 Å². The summed E-state index contributed by atoms with van der Waals surface area (Å²) in [7, 11) is 0.00213. The van der Waals surface area contributed by atoms with E-state index < -0.39 is 10.0 Å². The second kappa shape index (κ2) is 11.1. The van der Waals surface area contributed by atoms with E-state index in [1.165, 1.54) is 6.04 Å². The summed E-state index contributed by atoms with van der Waals surface area (Å²) in [6.45, 7) is 2.77. The first-order valence-corrected chi connectivity index (χ1v) is 7.76. The summed E-state index contributed by atoms with van der Waals surface area (Å²) in [4.78, 5) is 0. The molecular formula is C6H18O3Si3. The Bertz CT molecular complexity index is 110. The van der Waals surface area contributed by atoms with Gasteiger partial charge in [-0.15, -0.1) is 0 Å². The van der Waals surface area contributed by atoms with Gasteiger partial charge in [-0.1, -0.05) is 6.08 Å². The molecule has 0 aliphatic carbocycles. The van der Waals surface area contributed by atoms with E-state index in [2.05, 4.69) is 0 Å². The van der Waals surface area contributed by atoms with Gasteiger partial charge in [0.25, 0.3) is 10.0 Å². The molecule has 72 valence electrons. The highest BCUT2D eigenvalue weighted by Gasteiger charge is 1.89. The lowest BCUT2D eigenvalue weighted by Crippen LogP contribution is -2.06. The van der Waals surface area contributed by atoms with Crippen LogP contribution in [-0.4, -0.2) is 36.9 Å². The summed E-state index contributed by atoms with van der Waals surface area (Å²) >= 11 is 0. The molecule has 0 unspecified atom stereocenters. The average Bonchev–Trinajstić information content (AvgIpc) is 2.10. The zero-order chi connectivity index (χ0) is 9.07. The highest BCUT2D eigenvalue weighted by Crippen LogP contribution is 1.90. The van der Waals surface area contributed by atoms with E-state index in [-0.39, 0.29) is 9.76 Å². The molecule has 0 heterocycles. The molecule has 0 saturated carbocycles. The highest BCUT2D eigenvalue weighted by atomic mass is 28.3. The summed E-state index contributed by atoms with van der Waals surface area (Å²) in [5, 5.41) is 0. The number of hydrogen-bond acceptors (Lipinski definition) is 3. The van der Waals surface area contributed by atoms with Gasteiger partial charge in [-0.05, 0) is 19.4 Å². The van der Waals surface area contributed by atoms with Crippen LogP contribution in [0.25, 0.3) is 0 Å². The van der Waals surface area contributed by atoms with Crippen LogP contribution in [0.5, 0.6) is 0 Å². The average molecular weight is 222 g/mol. The molecule has 3 nitrogen and oxygen atoms in total. The lowest BCUT2D eigenvalue weighted by atomic mass is 10.5.